The van der Waals surface area contributed by atoms with Gasteiger partial charge in [0, 0.05) is 17.1 Å². The molecule has 2 rings (SSSR count). The molecule has 0 aliphatic heterocycles. The van der Waals surface area contributed by atoms with Crippen molar-refractivity contribution in [3.05, 3.63) is 58.4 Å². The Labute approximate surface area is 129 Å². The van der Waals surface area contributed by atoms with E-state index in [9.17, 15) is 4.39 Å². The second-order valence-electron chi connectivity index (χ2n) is 4.94. The fourth-order valence-electron chi connectivity index (χ4n) is 2.01. The number of ether oxygens (including phenoxy) is 1. The summed E-state index contributed by atoms with van der Waals surface area (Å²) in [5.74, 6) is 0.514. The molecule has 0 saturated heterocycles. The average Bonchev–Trinajstić information content (AvgIpc) is 2.47. The molecule has 0 atom stereocenters. The highest BCUT2D eigenvalue weighted by atomic mass is 35.5. The van der Waals surface area contributed by atoms with Crippen molar-refractivity contribution in [3.63, 3.8) is 0 Å². The molecule has 0 aliphatic carbocycles. The topological polar surface area (TPSA) is 21.3 Å². The summed E-state index contributed by atoms with van der Waals surface area (Å²) in [6, 6.07) is 10.5. The second-order valence-corrected chi connectivity index (χ2v) is 5.37. The molecule has 0 saturated carbocycles. The number of rotatable bonds is 6. The number of benzene rings is 2. The maximum Gasteiger partial charge on any atom is 0.142 e. The van der Waals surface area contributed by atoms with Crippen LogP contribution in [0.1, 0.15) is 24.5 Å². The van der Waals surface area contributed by atoms with Crippen LogP contribution in [0.3, 0.4) is 0 Å². The lowest BCUT2D eigenvalue weighted by atomic mass is 10.1. The zero-order chi connectivity index (χ0) is 15.2. The number of nitrogens with one attached hydrogen (secondary N) is 1. The van der Waals surface area contributed by atoms with Crippen LogP contribution < -0.4 is 10.1 Å². The predicted molar refractivity (Wildman–Crippen MR) is 85.7 cm³/mol. The van der Waals surface area contributed by atoms with E-state index >= 15 is 0 Å². The molecule has 0 aliphatic rings. The lowest BCUT2D eigenvalue weighted by Gasteiger charge is -2.14. The predicted octanol–water partition coefficient (Wildman–Crippen LogP) is 5.19. The summed E-state index contributed by atoms with van der Waals surface area (Å²) in [5.41, 5.74) is 2.43. The average molecular weight is 308 g/mol. The van der Waals surface area contributed by atoms with Gasteiger partial charge in [0.25, 0.3) is 0 Å². The summed E-state index contributed by atoms with van der Waals surface area (Å²) in [6.07, 6.45) is 0.925. The Morgan fingerprint density at radius 1 is 1.19 bits per heavy atom. The van der Waals surface area contributed by atoms with Crippen LogP contribution in [0.2, 0.25) is 5.02 Å². The minimum Gasteiger partial charge on any atom is -0.491 e. The van der Waals surface area contributed by atoms with Gasteiger partial charge in [0.15, 0.2) is 0 Å². The van der Waals surface area contributed by atoms with Gasteiger partial charge in [-0.05, 0) is 37.6 Å². The Morgan fingerprint density at radius 3 is 2.76 bits per heavy atom. The summed E-state index contributed by atoms with van der Waals surface area (Å²) in [6.45, 7) is 5.01. The minimum absolute atomic E-state index is 0.217. The first-order valence-corrected chi connectivity index (χ1v) is 7.39. The smallest absolute Gasteiger partial charge is 0.142 e. The third-order valence-electron chi connectivity index (χ3n) is 3.07. The first kappa shape index (κ1) is 15.6. The van der Waals surface area contributed by atoms with E-state index in [1.54, 1.807) is 18.2 Å². The molecule has 2 aromatic rings. The first-order chi connectivity index (χ1) is 10.1. The normalized spacial score (nSPS) is 10.5. The van der Waals surface area contributed by atoms with Crippen molar-refractivity contribution in [2.75, 3.05) is 11.9 Å². The zero-order valence-electron chi connectivity index (χ0n) is 12.2. The molecule has 0 aromatic heterocycles. The quantitative estimate of drug-likeness (QED) is 0.793. The molecule has 0 heterocycles. The van der Waals surface area contributed by atoms with Crippen molar-refractivity contribution in [1.29, 1.82) is 0 Å². The standard InChI is InChI=1S/C17H19ClFNO/c1-3-8-21-17-7-5-14(18)10-16(17)20-11-13-9-12(2)4-6-15(13)19/h4-7,9-10,20H,3,8,11H2,1-2H3. The van der Waals surface area contributed by atoms with Crippen LogP contribution >= 0.6 is 11.6 Å². The van der Waals surface area contributed by atoms with Crippen LogP contribution in [0.4, 0.5) is 10.1 Å². The molecule has 4 heteroatoms. The van der Waals surface area contributed by atoms with Gasteiger partial charge >= 0.3 is 0 Å². The molecule has 0 radical (unpaired) electrons. The van der Waals surface area contributed by atoms with Crippen LogP contribution in [-0.2, 0) is 6.54 Å². The largest absolute Gasteiger partial charge is 0.491 e. The molecule has 0 amide bonds. The van der Waals surface area contributed by atoms with E-state index in [-0.39, 0.29) is 5.82 Å². The van der Waals surface area contributed by atoms with Crippen molar-refractivity contribution in [2.24, 2.45) is 0 Å². The monoisotopic (exact) mass is 307 g/mol. The van der Waals surface area contributed by atoms with Gasteiger partial charge in [0.2, 0.25) is 0 Å². The molecule has 1 N–H and O–H groups in total. The van der Waals surface area contributed by atoms with Gasteiger partial charge in [-0.2, -0.15) is 0 Å². The number of hydrogen-bond donors (Lipinski definition) is 1. The summed E-state index contributed by atoms with van der Waals surface area (Å²) in [5, 5.41) is 3.81. The highest BCUT2D eigenvalue weighted by Crippen LogP contribution is 2.29. The number of halogens is 2. The molecule has 0 spiro atoms. The van der Waals surface area contributed by atoms with Gasteiger partial charge in [0.05, 0.1) is 12.3 Å². The minimum atomic E-state index is -0.217. The summed E-state index contributed by atoms with van der Waals surface area (Å²) in [4.78, 5) is 0. The Hall–Kier alpha value is -1.74. The zero-order valence-corrected chi connectivity index (χ0v) is 13.0. The summed E-state index contributed by atoms with van der Waals surface area (Å²) >= 11 is 6.02. The molecule has 0 fully saturated rings. The SMILES string of the molecule is CCCOc1ccc(Cl)cc1NCc1cc(C)ccc1F. The number of anilines is 1. The lowest BCUT2D eigenvalue weighted by Crippen LogP contribution is -2.05. The maximum atomic E-state index is 13.8. The fraction of sp³-hybridized carbons (Fsp3) is 0.294. The second kappa shape index (κ2) is 7.32. The lowest BCUT2D eigenvalue weighted by molar-refractivity contribution is 0.319. The van der Waals surface area contributed by atoms with Crippen LogP contribution in [-0.4, -0.2) is 6.61 Å². The van der Waals surface area contributed by atoms with Gasteiger partial charge in [0.1, 0.15) is 11.6 Å². The highest BCUT2D eigenvalue weighted by Gasteiger charge is 2.07. The summed E-state index contributed by atoms with van der Waals surface area (Å²) in [7, 11) is 0. The van der Waals surface area contributed by atoms with E-state index in [0.717, 1.165) is 23.4 Å². The Kier molecular flexibility index (Phi) is 5.45. The van der Waals surface area contributed by atoms with E-state index in [1.807, 2.05) is 26.0 Å². The summed E-state index contributed by atoms with van der Waals surface area (Å²) < 4.78 is 19.4. The number of hydrogen-bond acceptors (Lipinski definition) is 2. The Balaban J connectivity index is 2.14. The molecule has 2 aromatic carbocycles. The van der Waals surface area contributed by atoms with Crippen LogP contribution in [0.25, 0.3) is 0 Å². The third-order valence-corrected chi connectivity index (χ3v) is 3.31. The fourth-order valence-corrected chi connectivity index (χ4v) is 2.18. The van der Waals surface area contributed by atoms with Gasteiger partial charge in [-0.25, -0.2) is 4.39 Å². The van der Waals surface area contributed by atoms with E-state index in [4.69, 9.17) is 16.3 Å². The van der Waals surface area contributed by atoms with E-state index in [0.29, 0.717) is 23.7 Å². The van der Waals surface area contributed by atoms with E-state index in [1.165, 1.54) is 6.07 Å². The Morgan fingerprint density at radius 2 is 2.00 bits per heavy atom. The van der Waals surface area contributed by atoms with Crippen LogP contribution in [0.5, 0.6) is 5.75 Å². The van der Waals surface area contributed by atoms with E-state index < -0.39 is 0 Å². The highest BCUT2D eigenvalue weighted by molar-refractivity contribution is 6.30. The molecule has 112 valence electrons. The van der Waals surface area contributed by atoms with E-state index in [2.05, 4.69) is 5.32 Å². The van der Waals surface area contributed by atoms with Crippen molar-refractivity contribution in [3.8, 4) is 5.75 Å². The molecule has 2 nitrogen and oxygen atoms in total. The third kappa shape index (κ3) is 4.36. The van der Waals surface area contributed by atoms with Crippen LogP contribution in [0.15, 0.2) is 36.4 Å². The van der Waals surface area contributed by atoms with Gasteiger partial charge in [-0.1, -0.05) is 36.2 Å². The van der Waals surface area contributed by atoms with Crippen LogP contribution in [0, 0.1) is 12.7 Å². The molecular formula is C17H19ClFNO. The van der Waals surface area contributed by atoms with Crippen molar-refractivity contribution < 1.29 is 9.13 Å². The van der Waals surface area contributed by atoms with Gasteiger partial charge in [-0.3, -0.25) is 0 Å². The number of aryl methyl sites for hydroxylation is 1. The molecule has 0 unspecified atom stereocenters. The van der Waals surface area contributed by atoms with Gasteiger partial charge < -0.3 is 10.1 Å². The van der Waals surface area contributed by atoms with Crippen molar-refractivity contribution >= 4 is 17.3 Å². The molecule has 0 bridgehead atoms. The van der Waals surface area contributed by atoms with Crippen molar-refractivity contribution in [1.82, 2.24) is 0 Å². The Bertz CT molecular complexity index is 616. The van der Waals surface area contributed by atoms with Gasteiger partial charge in [-0.15, -0.1) is 0 Å². The molecular weight excluding hydrogens is 289 g/mol. The van der Waals surface area contributed by atoms with Crippen molar-refractivity contribution in [2.45, 2.75) is 26.8 Å². The molecule has 21 heavy (non-hydrogen) atoms. The first-order valence-electron chi connectivity index (χ1n) is 7.01. The maximum absolute atomic E-state index is 13.8.